The van der Waals surface area contributed by atoms with Gasteiger partial charge in [0.15, 0.2) is 0 Å². The number of piperidine rings is 1. The van der Waals surface area contributed by atoms with Crippen LogP contribution < -0.4 is 10.1 Å². The molecule has 0 radical (unpaired) electrons. The summed E-state index contributed by atoms with van der Waals surface area (Å²) >= 11 is 0. The van der Waals surface area contributed by atoms with Crippen molar-refractivity contribution in [3.05, 3.63) is 29.8 Å². The third-order valence-electron chi connectivity index (χ3n) is 4.79. The Balaban J connectivity index is 1.80. The number of nitrogens with zero attached hydrogens (tertiary/aromatic N) is 1. The van der Waals surface area contributed by atoms with E-state index in [0.717, 1.165) is 24.9 Å². The molecule has 2 fully saturated rings. The number of hydrogen-bond donors (Lipinski definition) is 1. The minimum Gasteiger partial charge on any atom is -0.494 e. The maximum atomic E-state index is 5.88. The molecule has 21 heavy (non-hydrogen) atoms. The molecule has 2 atom stereocenters. The Labute approximate surface area is 128 Å². The van der Waals surface area contributed by atoms with Gasteiger partial charge in [0.25, 0.3) is 0 Å². The van der Waals surface area contributed by atoms with Gasteiger partial charge in [0, 0.05) is 24.2 Å². The molecule has 1 aliphatic heterocycles. The lowest BCUT2D eigenvalue weighted by Crippen LogP contribution is -2.41. The predicted octanol–water partition coefficient (Wildman–Crippen LogP) is 3.22. The second-order valence-electron chi connectivity index (χ2n) is 6.48. The Morgan fingerprint density at radius 1 is 1.24 bits per heavy atom. The van der Waals surface area contributed by atoms with Crippen molar-refractivity contribution >= 4 is 0 Å². The van der Waals surface area contributed by atoms with Gasteiger partial charge in [-0.2, -0.15) is 0 Å². The van der Waals surface area contributed by atoms with E-state index in [9.17, 15) is 0 Å². The number of para-hydroxylation sites is 1. The van der Waals surface area contributed by atoms with Crippen LogP contribution in [0, 0.1) is 5.92 Å². The first-order chi connectivity index (χ1) is 10.3. The van der Waals surface area contributed by atoms with Crippen LogP contribution in [0.1, 0.15) is 44.2 Å². The van der Waals surface area contributed by atoms with E-state index in [1.165, 1.54) is 37.8 Å². The lowest BCUT2D eigenvalue weighted by atomic mass is 9.84. The van der Waals surface area contributed by atoms with E-state index in [4.69, 9.17) is 4.74 Å². The highest BCUT2D eigenvalue weighted by Crippen LogP contribution is 2.39. The Kier molecular flexibility index (Phi) is 4.81. The molecular weight excluding hydrogens is 260 g/mol. The molecule has 0 amide bonds. The average molecular weight is 288 g/mol. The van der Waals surface area contributed by atoms with Gasteiger partial charge in [-0.15, -0.1) is 0 Å². The van der Waals surface area contributed by atoms with E-state index < -0.39 is 0 Å². The molecule has 1 saturated carbocycles. The van der Waals surface area contributed by atoms with Crippen molar-refractivity contribution in [3.8, 4) is 5.75 Å². The van der Waals surface area contributed by atoms with Crippen LogP contribution in [0.5, 0.6) is 5.75 Å². The molecule has 3 rings (SSSR count). The summed E-state index contributed by atoms with van der Waals surface area (Å²) in [6.07, 6.45) is 5.35. The molecule has 1 saturated heterocycles. The van der Waals surface area contributed by atoms with Gasteiger partial charge >= 0.3 is 0 Å². The summed E-state index contributed by atoms with van der Waals surface area (Å²) in [5.74, 6) is 1.75. The molecule has 0 bridgehead atoms. The molecule has 2 unspecified atom stereocenters. The molecule has 1 aliphatic carbocycles. The second kappa shape index (κ2) is 6.80. The average Bonchev–Trinajstić information content (AvgIpc) is 3.31. The van der Waals surface area contributed by atoms with Crippen molar-refractivity contribution in [1.82, 2.24) is 10.2 Å². The van der Waals surface area contributed by atoms with Crippen molar-refractivity contribution in [2.75, 3.05) is 26.7 Å². The zero-order chi connectivity index (χ0) is 14.7. The summed E-state index contributed by atoms with van der Waals surface area (Å²) in [4.78, 5) is 2.51. The number of ether oxygens (including phenoxy) is 1. The highest BCUT2D eigenvalue weighted by atomic mass is 16.5. The van der Waals surface area contributed by atoms with E-state index in [-0.39, 0.29) is 0 Å². The minimum absolute atomic E-state index is 0.479. The van der Waals surface area contributed by atoms with Crippen molar-refractivity contribution in [2.24, 2.45) is 5.92 Å². The van der Waals surface area contributed by atoms with Gasteiger partial charge in [-0.1, -0.05) is 18.2 Å². The van der Waals surface area contributed by atoms with E-state index in [0.29, 0.717) is 12.0 Å². The minimum atomic E-state index is 0.479. The highest BCUT2D eigenvalue weighted by Gasteiger charge is 2.33. The fraction of sp³-hybridized carbons (Fsp3) is 0.667. The van der Waals surface area contributed by atoms with Crippen LogP contribution in [-0.4, -0.2) is 37.7 Å². The maximum absolute atomic E-state index is 5.88. The number of likely N-dealkylation sites (tertiary alicyclic amines) is 1. The Morgan fingerprint density at radius 2 is 2.05 bits per heavy atom. The first kappa shape index (κ1) is 14.9. The summed E-state index contributed by atoms with van der Waals surface area (Å²) in [5.41, 5.74) is 1.36. The third kappa shape index (κ3) is 3.58. The number of nitrogens with one attached hydrogen (secondary N) is 1. The number of rotatable bonds is 6. The molecule has 3 heteroatoms. The van der Waals surface area contributed by atoms with Gasteiger partial charge in [-0.05, 0) is 58.2 Å². The zero-order valence-electron chi connectivity index (χ0n) is 13.3. The van der Waals surface area contributed by atoms with Crippen LogP contribution in [0.3, 0.4) is 0 Å². The van der Waals surface area contributed by atoms with Gasteiger partial charge in [0.05, 0.1) is 6.61 Å². The van der Waals surface area contributed by atoms with Gasteiger partial charge in [-0.25, -0.2) is 0 Å². The molecule has 1 heterocycles. The molecule has 0 aromatic heterocycles. The van der Waals surface area contributed by atoms with Crippen molar-refractivity contribution in [2.45, 2.75) is 44.7 Å². The van der Waals surface area contributed by atoms with E-state index in [2.05, 4.69) is 48.5 Å². The fourth-order valence-corrected chi connectivity index (χ4v) is 3.58. The highest BCUT2D eigenvalue weighted by molar-refractivity contribution is 5.36. The topological polar surface area (TPSA) is 24.5 Å². The van der Waals surface area contributed by atoms with Gasteiger partial charge in [0.2, 0.25) is 0 Å². The summed E-state index contributed by atoms with van der Waals surface area (Å²) in [5, 5.41) is 3.73. The third-order valence-corrected chi connectivity index (χ3v) is 4.79. The van der Waals surface area contributed by atoms with Crippen molar-refractivity contribution in [3.63, 3.8) is 0 Å². The summed E-state index contributed by atoms with van der Waals surface area (Å²) in [6.45, 7) is 5.12. The summed E-state index contributed by atoms with van der Waals surface area (Å²) in [6, 6.07) is 9.86. The quantitative estimate of drug-likeness (QED) is 0.870. The van der Waals surface area contributed by atoms with Crippen molar-refractivity contribution in [1.29, 1.82) is 0 Å². The molecule has 1 N–H and O–H groups in total. The zero-order valence-corrected chi connectivity index (χ0v) is 13.3. The largest absolute Gasteiger partial charge is 0.494 e. The van der Waals surface area contributed by atoms with Gasteiger partial charge in [-0.3, -0.25) is 4.90 Å². The van der Waals surface area contributed by atoms with Crippen LogP contribution in [0.15, 0.2) is 24.3 Å². The van der Waals surface area contributed by atoms with E-state index >= 15 is 0 Å². The van der Waals surface area contributed by atoms with Gasteiger partial charge < -0.3 is 10.1 Å². The van der Waals surface area contributed by atoms with Crippen LogP contribution in [0.4, 0.5) is 0 Å². The molecule has 3 nitrogen and oxygen atoms in total. The lowest BCUT2D eigenvalue weighted by molar-refractivity contribution is 0.116. The SMILES string of the molecule is CCOc1ccccc1C1C(CNC2CC2)CCCN1C. The van der Waals surface area contributed by atoms with E-state index in [1.807, 2.05) is 0 Å². The molecule has 116 valence electrons. The first-order valence-corrected chi connectivity index (χ1v) is 8.45. The molecule has 2 aliphatic rings. The molecule has 1 aromatic rings. The molecule has 1 aromatic carbocycles. The normalized spacial score (nSPS) is 26.8. The smallest absolute Gasteiger partial charge is 0.124 e. The Hall–Kier alpha value is -1.06. The number of benzene rings is 1. The van der Waals surface area contributed by atoms with Crippen LogP contribution in [-0.2, 0) is 0 Å². The standard InChI is InChI=1S/C18H28N2O/c1-3-21-17-9-5-4-8-16(17)18-14(7-6-12-20(18)2)13-19-15-10-11-15/h4-5,8-9,14-15,18-19H,3,6-7,10-13H2,1-2H3. The molecular formula is C18H28N2O. The Bertz CT molecular complexity index is 458. The van der Waals surface area contributed by atoms with Crippen molar-refractivity contribution < 1.29 is 4.74 Å². The fourth-order valence-electron chi connectivity index (χ4n) is 3.58. The first-order valence-electron chi connectivity index (χ1n) is 8.45. The van der Waals surface area contributed by atoms with Gasteiger partial charge in [0.1, 0.15) is 5.75 Å². The predicted molar refractivity (Wildman–Crippen MR) is 86.7 cm³/mol. The maximum Gasteiger partial charge on any atom is 0.124 e. The monoisotopic (exact) mass is 288 g/mol. The molecule has 0 spiro atoms. The van der Waals surface area contributed by atoms with Crippen LogP contribution in [0.2, 0.25) is 0 Å². The van der Waals surface area contributed by atoms with Crippen LogP contribution in [0.25, 0.3) is 0 Å². The second-order valence-corrected chi connectivity index (χ2v) is 6.48. The number of hydrogen-bond acceptors (Lipinski definition) is 3. The van der Waals surface area contributed by atoms with E-state index in [1.54, 1.807) is 0 Å². The Morgan fingerprint density at radius 3 is 2.81 bits per heavy atom. The summed E-state index contributed by atoms with van der Waals surface area (Å²) in [7, 11) is 2.26. The summed E-state index contributed by atoms with van der Waals surface area (Å²) < 4.78 is 5.88. The lowest BCUT2D eigenvalue weighted by Gasteiger charge is -2.40. The van der Waals surface area contributed by atoms with Crippen LogP contribution >= 0.6 is 0 Å².